The van der Waals surface area contributed by atoms with Crippen LogP contribution in [0.5, 0.6) is 0 Å². The zero-order valence-electron chi connectivity index (χ0n) is 12.0. The third kappa shape index (κ3) is 3.30. The van der Waals surface area contributed by atoms with Gasteiger partial charge in [0.05, 0.1) is 0 Å². The maximum atomic E-state index is 13.4. The first-order valence-corrected chi connectivity index (χ1v) is 6.47. The predicted molar refractivity (Wildman–Crippen MR) is 75.3 cm³/mol. The van der Waals surface area contributed by atoms with Gasteiger partial charge in [-0.15, -0.1) is 0 Å². The fourth-order valence-corrected chi connectivity index (χ4v) is 1.79. The molecule has 0 aliphatic heterocycles. The van der Waals surface area contributed by atoms with Crippen LogP contribution in [-0.4, -0.2) is 22.5 Å². The molecule has 1 aromatic heterocycles. The Morgan fingerprint density at radius 1 is 1.18 bits per heavy atom. The monoisotopic (exact) mass is 308 g/mol. The smallest absolute Gasteiger partial charge is 0.355 e. The number of benzene rings is 1. The summed E-state index contributed by atoms with van der Waals surface area (Å²) in [6.07, 6.45) is 0.442. The molecule has 0 bridgehead atoms. The van der Waals surface area contributed by atoms with Gasteiger partial charge in [0.25, 0.3) is 5.91 Å². The lowest BCUT2D eigenvalue weighted by atomic mass is 10.2. The van der Waals surface area contributed by atoms with Crippen LogP contribution >= 0.6 is 0 Å². The van der Waals surface area contributed by atoms with Crippen LogP contribution in [0, 0.1) is 11.6 Å². The van der Waals surface area contributed by atoms with Gasteiger partial charge in [-0.25, -0.2) is 13.6 Å². The Morgan fingerprint density at radius 2 is 1.82 bits per heavy atom. The molecular weight excluding hydrogens is 294 g/mol. The molecule has 2 aromatic rings. The van der Waals surface area contributed by atoms with Crippen molar-refractivity contribution in [3.05, 3.63) is 53.9 Å². The van der Waals surface area contributed by atoms with Crippen molar-refractivity contribution in [2.75, 3.05) is 5.32 Å². The molecule has 0 aliphatic carbocycles. The number of aromatic nitrogens is 1. The molecule has 116 valence electrons. The SMILES string of the molecule is C[C@H](OC(=O)c1cccn1C)C(=O)Nc1c(F)cccc1F. The molecule has 1 aromatic carbocycles. The average molecular weight is 308 g/mol. The van der Waals surface area contributed by atoms with Gasteiger partial charge >= 0.3 is 5.97 Å². The molecule has 1 heterocycles. The highest BCUT2D eigenvalue weighted by Gasteiger charge is 2.22. The van der Waals surface area contributed by atoms with E-state index >= 15 is 0 Å². The third-order valence-electron chi connectivity index (χ3n) is 3.02. The average Bonchev–Trinajstić information content (AvgIpc) is 2.89. The molecule has 1 amide bonds. The number of nitrogens with one attached hydrogen (secondary N) is 1. The molecule has 0 spiro atoms. The number of carbonyl (C=O) groups is 2. The Morgan fingerprint density at radius 3 is 2.36 bits per heavy atom. The molecule has 0 aliphatic rings. The van der Waals surface area contributed by atoms with Crippen molar-refractivity contribution in [3.8, 4) is 0 Å². The third-order valence-corrected chi connectivity index (χ3v) is 3.02. The zero-order valence-corrected chi connectivity index (χ0v) is 12.0. The molecule has 1 N–H and O–H groups in total. The molecule has 0 saturated carbocycles. The molecule has 7 heteroatoms. The van der Waals surface area contributed by atoms with Crippen molar-refractivity contribution >= 4 is 17.6 Å². The normalized spacial score (nSPS) is 11.8. The Labute approximate surface area is 125 Å². The first-order chi connectivity index (χ1) is 10.4. The summed E-state index contributed by atoms with van der Waals surface area (Å²) in [5.41, 5.74) is -0.314. The van der Waals surface area contributed by atoms with E-state index in [0.717, 1.165) is 12.1 Å². The minimum absolute atomic E-state index is 0.261. The Hall–Kier alpha value is -2.70. The van der Waals surface area contributed by atoms with Crippen molar-refractivity contribution in [3.63, 3.8) is 0 Å². The number of rotatable bonds is 4. The van der Waals surface area contributed by atoms with Gasteiger partial charge in [-0.2, -0.15) is 0 Å². The highest BCUT2D eigenvalue weighted by Crippen LogP contribution is 2.18. The van der Waals surface area contributed by atoms with Gasteiger partial charge in [0.2, 0.25) is 0 Å². The van der Waals surface area contributed by atoms with Gasteiger partial charge in [0, 0.05) is 13.2 Å². The Kier molecular flexibility index (Phi) is 4.55. The predicted octanol–water partition coefficient (Wildman–Crippen LogP) is 2.49. The summed E-state index contributed by atoms with van der Waals surface area (Å²) in [6.45, 7) is 1.31. The first-order valence-electron chi connectivity index (χ1n) is 6.47. The van der Waals surface area contributed by atoms with Crippen LogP contribution in [0.4, 0.5) is 14.5 Å². The largest absolute Gasteiger partial charge is 0.448 e. The van der Waals surface area contributed by atoms with Gasteiger partial charge < -0.3 is 14.6 Å². The van der Waals surface area contributed by atoms with Gasteiger partial charge in [-0.3, -0.25) is 4.79 Å². The molecule has 22 heavy (non-hydrogen) atoms. The van der Waals surface area contributed by atoms with Crippen molar-refractivity contribution in [2.24, 2.45) is 7.05 Å². The van der Waals surface area contributed by atoms with E-state index in [1.165, 1.54) is 23.6 Å². The van der Waals surface area contributed by atoms with Gasteiger partial charge in [0.15, 0.2) is 6.10 Å². The molecule has 0 radical (unpaired) electrons. The van der Waals surface area contributed by atoms with Gasteiger partial charge in [-0.1, -0.05) is 6.07 Å². The fraction of sp³-hybridized carbons (Fsp3) is 0.200. The number of ether oxygens (including phenoxy) is 1. The lowest BCUT2D eigenvalue weighted by Crippen LogP contribution is -2.31. The van der Waals surface area contributed by atoms with E-state index < -0.39 is 35.3 Å². The number of esters is 1. The molecule has 0 fully saturated rings. The second-order valence-electron chi connectivity index (χ2n) is 4.64. The van der Waals surface area contributed by atoms with E-state index in [1.807, 2.05) is 0 Å². The van der Waals surface area contributed by atoms with Crippen LogP contribution in [0.25, 0.3) is 0 Å². The standard InChI is InChI=1S/C15H14F2N2O3/c1-9(22-15(21)12-7-4-8-19(12)2)14(20)18-13-10(16)5-3-6-11(13)17/h3-9H,1-2H3,(H,18,20)/t9-/m0/s1. The highest BCUT2D eigenvalue weighted by atomic mass is 19.1. The topological polar surface area (TPSA) is 60.3 Å². The minimum atomic E-state index is -1.21. The van der Waals surface area contributed by atoms with Crippen LogP contribution < -0.4 is 5.32 Å². The number of hydrogen-bond donors (Lipinski definition) is 1. The van der Waals surface area contributed by atoms with Crippen LogP contribution in [0.1, 0.15) is 17.4 Å². The van der Waals surface area contributed by atoms with Gasteiger partial charge in [0.1, 0.15) is 23.0 Å². The van der Waals surface area contributed by atoms with Crippen molar-refractivity contribution in [1.82, 2.24) is 4.57 Å². The number of amides is 1. The van der Waals surface area contributed by atoms with Crippen LogP contribution in [-0.2, 0) is 16.6 Å². The number of hydrogen-bond acceptors (Lipinski definition) is 3. The minimum Gasteiger partial charge on any atom is -0.448 e. The summed E-state index contributed by atoms with van der Waals surface area (Å²) in [5, 5.41) is 2.07. The van der Waals surface area contributed by atoms with E-state index in [2.05, 4.69) is 5.32 Å². The maximum Gasteiger partial charge on any atom is 0.355 e. The molecule has 0 saturated heterocycles. The quantitative estimate of drug-likeness (QED) is 0.883. The summed E-state index contributed by atoms with van der Waals surface area (Å²) in [5.74, 6) is -3.35. The molecule has 2 rings (SSSR count). The Bertz CT molecular complexity index is 692. The number of aryl methyl sites for hydroxylation is 1. The van der Waals surface area contributed by atoms with E-state index in [-0.39, 0.29) is 5.69 Å². The van der Waals surface area contributed by atoms with E-state index in [1.54, 1.807) is 19.3 Å². The summed E-state index contributed by atoms with van der Waals surface area (Å²) in [4.78, 5) is 23.7. The maximum absolute atomic E-state index is 13.4. The van der Waals surface area contributed by atoms with Crippen LogP contribution in [0.2, 0.25) is 0 Å². The lowest BCUT2D eigenvalue weighted by molar-refractivity contribution is -0.123. The zero-order chi connectivity index (χ0) is 16.3. The number of carbonyl (C=O) groups excluding carboxylic acids is 2. The second kappa shape index (κ2) is 6.38. The summed E-state index contributed by atoms with van der Waals surface area (Å²) < 4.78 is 33.4. The number of nitrogens with zero attached hydrogens (tertiary/aromatic N) is 1. The molecule has 0 unspecified atom stereocenters. The first kappa shape index (κ1) is 15.7. The second-order valence-corrected chi connectivity index (χ2v) is 4.64. The summed E-state index contributed by atoms with van der Waals surface area (Å²) in [7, 11) is 1.65. The van der Waals surface area contributed by atoms with Gasteiger partial charge in [-0.05, 0) is 31.2 Å². The highest BCUT2D eigenvalue weighted by molar-refractivity contribution is 5.97. The summed E-state index contributed by atoms with van der Waals surface area (Å²) >= 11 is 0. The van der Waals surface area contributed by atoms with E-state index in [4.69, 9.17) is 4.74 Å². The fourth-order valence-electron chi connectivity index (χ4n) is 1.79. The van der Waals surface area contributed by atoms with Crippen molar-refractivity contribution in [1.29, 1.82) is 0 Å². The van der Waals surface area contributed by atoms with Crippen LogP contribution in [0.3, 0.4) is 0 Å². The van der Waals surface area contributed by atoms with Crippen LogP contribution in [0.15, 0.2) is 36.5 Å². The van der Waals surface area contributed by atoms with E-state index in [0.29, 0.717) is 0 Å². The molecular formula is C15H14F2N2O3. The number of para-hydroxylation sites is 1. The lowest BCUT2D eigenvalue weighted by Gasteiger charge is -2.14. The van der Waals surface area contributed by atoms with E-state index in [9.17, 15) is 18.4 Å². The summed E-state index contributed by atoms with van der Waals surface area (Å²) in [6, 6.07) is 6.39. The number of anilines is 1. The van der Waals surface area contributed by atoms with Crippen molar-refractivity contribution < 1.29 is 23.1 Å². The molecule has 5 nitrogen and oxygen atoms in total. The van der Waals surface area contributed by atoms with Crippen molar-refractivity contribution in [2.45, 2.75) is 13.0 Å². The number of halogens is 2. The Balaban J connectivity index is 2.04. The molecule has 1 atom stereocenters.